The summed E-state index contributed by atoms with van der Waals surface area (Å²) in [5, 5.41) is 0. The van der Waals surface area contributed by atoms with Gasteiger partial charge in [0.1, 0.15) is 5.75 Å². The maximum Gasteiger partial charge on any atom is 0.416 e. The molecule has 0 saturated heterocycles. The Morgan fingerprint density at radius 1 is 0.914 bits per heavy atom. The number of benzene rings is 2. The van der Waals surface area contributed by atoms with Crippen LogP contribution < -0.4 is 4.74 Å². The fraction of sp³-hybridized carbons (Fsp3) is 0.333. The van der Waals surface area contributed by atoms with Gasteiger partial charge in [-0.15, -0.1) is 11.3 Å². The number of rotatable bonds is 8. The first-order valence-electron chi connectivity index (χ1n) is 11.1. The third-order valence-corrected chi connectivity index (χ3v) is 7.02. The molecule has 0 aliphatic carbocycles. The van der Waals surface area contributed by atoms with Crippen LogP contribution in [0, 0.1) is 13.8 Å². The van der Waals surface area contributed by atoms with Crippen molar-refractivity contribution in [3.05, 3.63) is 75.7 Å². The lowest BCUT2D eigenvalue weighted by atomic mass is 9.79. The van der Waals surface area contributed by atoms with Gasteiger partial charge in [0.2, 0.25) is 0 Å². The van der Waals surface area contributed by atoms with Crippen LogP contribution in [0.3, 0.4) is 0 Å². The Labute approximate surface area is 206 Å². The topological polar surface area (TPSA) is 52.6 Å². The first kappa shape index (κ1) is 26.5. The van der Waals surface area contributed by atoms with Gasteiger partial charge in [0, 0.05) is 4.88 Å². The predicted molar refractivity (Wildman–Crippen MR) is 130 cm³/mol. The standard InChI is InChI=1S/C27H27F3O4S/c1-6-33-23(31)15-34-21-12-11-20(13-16(21)2)26(4,5)25(32)24-17(3)14-22(35-24)18-7-9-19(10-8-18)27(28,29)30/h7-14H,6,15H2,1-5H3. The number of thiophene rings is 1. The minimum Gasteiger partial charge on any atom is -0.482 e. The van der Waals surface area contributed by atoms with E-state index in [9.17, 15) is 22.8 Å². The van der Waals surface area contributed by atoms with Crippen molar-refractivity contribution in [2.75, 3.05) is 13.2 Å². The quantitative estimate of drug-likeness (QED) is 0.241. The monoisotopic (exact) mass is 504 g/mol. The summed E-state index contributed by atoms with van der Waals surface area (Å²) in [5.74, 6) is -0.0109. The smallest absolute Gasteiger partial charge is 0.416 e. The Balaban J connectivity index is 1.83. The van der Waals surface area contributed by atoms with Crippen molar-refractivity contribution in [1.29, 1.82) is 0 Å². The highest BCUT2D eigenvalue weighted by molar-refractivity contribution is 7.17. The van der Waals surface area contributed by atoms with Gasteiger partial charge in [0.05, 0.1) is 22.5 Å². The number of carbonyl (C=O) groups excluding carboxylic acids is 2. The molecule has 0 bridgehead atoms. The number of Topliss-reactive ketones (excluding diaryl/α,β-unsaturated/α-hetero) is 1. The lowest BCUT2D eigenvalue weighted by Gasteiger charge is -2.24. The number of aryl methyl sites for hydroxylation is 2. The molecule has 3 aromatic rings. The first-order chi connectivity index (χ1) is 16.3. The number of ketones is 1. The van der Waals surface area contributed by atoms with Gasteiger partial charge in [-0.1, -0.05) is 24.3 Å². The molecule has 0 atom stereocenters. The van der Waals surface area contributed by atoms with Gasteiger partial charge in [-0.3, -0.25) is 4.79 Å². The van der Waals surface area contributed by atoms with E-state index in [-0.39, 0.29) is 19.0 Å². The van der Waals surface area contributed by atoms with E-state index in [0.717, 1.165) is 33.7 Å². The van der Waals surface area contributed by atoms with E-state index < -0.39 is 23.1 Å². The van der Waals surface area contributed by atoms with Crippen LogP contribution in [0.15, 0.2) is 48.5 Å². The van der Waals surface area contributed by atoms with Crippen LogP contribution in [-0.4, -0.2) is 25.0 Å². The highest BCUT2D eigenvalue weighted by Crippen LogP contribution is 2.38. The fourth-order valence-corrected chi connectivity index (χ4v) is 4.90. The molecule has 3 rings (SSSR count). The van der Waals surface area contributed by atoms with E-state index in [4.69, 9.17) is 9.47 Å². The normalized spacial score (nSPS) is 11.9. The van der Waals surface area contributed by atoms with Crippen LogP contribution in [-0.2, 0) is 21.1 Å². The average Bonchev–Trinajstić information content (AvgIpc) is 3.18. The van der Waals surface area contributed by atoms with Crippen molar-refractivity contribution < 1.29 is 32.2 Å². The lowest BCUT2D eigenvalue weighted by molar-refractivity contribution is -0.145. The van der Waals surface area contributed by atoms with E-state index in [1.54, 1.807) is 19.1 Å². The Bertz CT molecular complexity index is 1220. The van der Waals surface area contributed by atoms with Crippen molar-refractivity contribution in [3.63, 3.8) is 0 Å². The number of ether oxygens (including phenoxy) is 2. The zero-order valence-corrected chi connectivity index (χ0v) is 21.0. The maximum absolute atomic E-state index is 13.6. The number of hydrogen-bond acceptors (Lipinski definition) is 5. The van der Waals surface area contributed by atoms with Crippen LogP contribution >= 0.6 is 11.3 Å². The summed E-state index contributed by atoms with van der Waals surface area (Å²) in [5.41, 5.74) is 1.39. The van der Waals surface area contributed by atoms with Crippen LogP contribution in [0.4, 0.5) is 13.2 Å². The number of alkyl halides is 3. The number of esters is 1. The Morgan fingerprint density at radius 2 is 1.54 bits per heavy atom. The van der Waals surface area contributed by atoms with Crippen LogP contribution in [0.5, 0.6) is 5.75 Å². The second kappa shape index (κ2) is 10.2. The summed E-state index contributed by atoms with van der Waals surface area (Å²) >= 11 is 1.27. The molecular weight excluding hydrogens is 477 g/mol. The molecule has 0 spiro atoms. The Hall–Kier alpha value is -3.13. The molecule has 0 aliphatic rings. The average molecular weight is 505 g/mol. The summed E-state index contributed by atoms with van der Waals surface area (Å²) in [6, 6.07) is 12.2. The van der Waals surface area contributed by atoms with Gasteiger partial charge in [0.25, 0.3) is 0 Å². The molecular formula is C27H27F3O4S. The maximum atomic E-state index is 13.6. The SMILES string of the molecule is CCOC(=O)COc1ccc(C(C)(C)C(=O)c2sc(-c3ccc(C(F)(F)F)cc3)cc2C)cc1C. The summed E-state index contributed by atoms with van der Waals surface area (Å²) < 4.78 is 49.1. The van der Waals surface area contributed by atoms with Crippen molar-refractivity contribution in [2.24, 2.45) is 0 Å². The third-order valence-electron chi connectivity index (χ3n) is 5.74. The highest BCUT2D eigenvalue weighted by Gasteiger charge is 2.34. The fourth-order valence-electron chi connectivity index (χ4n) is 3.63. The van der Waals surface area contributed by atoms with E-state index >= 15 is 0 Å². The summed E-state index contributed by atoms with van der Waals surface area (Å²) in [6.45, 7) is 9.13. The van der Waals surface area contributed by atoms with E-state index in [0.29, 0.717) is 16.2 Å². The number of carbonyl (C=O) groups is 2. The number of halogens is 3. The molecule has 0 amide bonds. The molecule has 0 N–H and O–H groups in total. The second-order valence-corrected chi connectivity index (χ2v) is 9.78. The highest BCUT2D eigenvalue weighted by atomic mass is 32.1. The van der Waals surface area contributed by atoms with Gasteiger partial charge in [-0.2, -0.15) is 13.2 Å². The van der Waals surface area contributed by atoms with Crippen molar-refractivity contribution in [2.45, 2.75) is 46.2 Å². The Morgan fingerprint density at radius 3 is 2.11 bits per heavy atom. The van der Waals surface area contributed by atoms with Crippen molar-refractivity contribution in [1.82, 2.24) is 0 Å². The van der Waals surface area contributed by atoms with Crippen molar-refractivity contribution in [3.8, 4) is 16.2 Å². The van der Waals surface area contributed by atoms with E-state index in [1.807, 2.05) is 39.8 Å². The zero-order chi connectivity index (χ0) is 26.0. The van der Waals surface area contributed by atoms with Gasteiger partial charge < -0.3 is 9.47 Å². The van der Waals surface area contributed by atoms with Crippen LogP contribution in [0.25, 0.3) is 10.4 Å². The molecule has 8 heteroatoms. The molecule has 4 nitrogen and oxygen atoms in total. The molecule has 35 heavy (non-hydrogen) atoms. The van der Waals surface area contributed by atoms with Gasteiger partial charge in [0.15, 0.2) is 12.4 Å². The van der Waals surface area contributed by atoms with E-state index in [2.05, 4.69) is 0 Å². The molecule has 0 fully saturated rings. The number of hydrogen-bond donors (Lipinski definition) is 0. The van der Waals surface area contributed by atoms with Crippen LogP contribution in [0.2, 0.25) is 0 Å². The molecule has 0 saturated carbocycles. The molecule has 186 valence electrons. The van der Waals surface area contributed by atoms with Gasteiger partial charge >= 0.3 is 12.1 Å². The summed E-state index contributed by atoms with van der Waals surface area (Å²) in [7, 11) is 0. The molecule has 0 aliphatic heterocycles. The van der Waals surface area contributed by atoms with Gasteiger partial charge in [-0.05, 0) is 81.1 Å². The molecule has 1 aromatic heterocycles. The minimum atomic E-state index is -4.40. The molecule has 1 heterocycles. The Kier molecular flexibility index (Phi) is 7.74. The largest absolute Gasteiger partial charge is 0.482 e. The second-order valence-electron chi connectivity index (χ2n) is 8.73. The first-order valence-corrected chi connectivity index (χ1v) is 11.9. The lowest BCUT2D eigenvalue weighted by Crippen LogP contribution is -2.29. The van der Waals surface area contributed by atoms with Crippen LogP contribution in [0.1, 0.15) is 52.7 Å². The summed E-state index contributed by atoms with van der Waals surface area (Å²) in [4.78, 5) is 26.4. The minimum absolute atomic E-state index is 0.0854. The van der Waals surface area contributed by atoms with E-state index in [1.165, 1.54) is 23.5 Å². The molecule has 0 radical (unpaired) electrons. The predicted octanol–water partition coefficient (Wildman–Crippen LogP) is 7.15. The molecule has 2 aromatic carbocycles. The molecule has 0 unspecified atom stereocenters. The zero-order valence-electron chi connectivity index (χ0n) is 20.2. The summed E-state index contributed by atoms with van der Waals surface area (Å²) in [6.07, 6.45) is -4.40. The van der Waals surface area contributed by atoms with Gasteiger partial charge in [-0.25, -0.2) is 4.79 Å². The van der Waals surface area contributed by atoms with Crippen molar-refractivity contribution >= 4 is 23.1 Å². The third kappa shape index (κ3) is 5.93.